The molecule has 0 saturated heterocycles. The summed E-state index contributed by atoms with van der Waals surface area (Å²) in [4.78, 5) is 35.0. The Labute approximate surface area is 241 Å². The standard InChI is InChI=1S/C29H38N6O5S/c1-3-40-26(36)20-35(19-22-9-5-4-6-10-22)28(37)24(12-8-14-30-29-31-15-16-32-29)34-41(38,39)25-13-7-11-23-17-21(2)18-33-27(23)25/h4-7,9-11,13,15-16,21,24,33-34H,3,8,12,14,17-20H2,1-2H3,(H2,30,31,32)/t21?,24-/m0/s1. The van der Waals surface area contributed by atoms with Gasteiger partial charge in [-0.15, -0.1) is 0 Å². The van der Waals surface area contributed by atoms with Gasteiger partial charge in [-0.3, -0.25) is 9.59 Å². The summed E-state index contributed by atoms with van der Waals surface area (Å²) in [5.74, 6) is -0.111. The number of amides is 1. The molecule has 11 nitrogen and oxygen atoms in total. The Hall–Kier alpha value is -3.90. The molecular formula is C29H38N6O5S. The van der Waals surface area contributed by atoms with Gasteiger partial charge in [-0.05, 0) is 49.3 Å². The highest BCUT2D eigenvalue weighted by Crippen LogP contribution is 2.31. The first-order chi connectivity index (χ1) is 19.8. The molecule has 220 valence electrons. The third kappa shape index (κ3) is 8.30. The SMILES string of the molecule is CCOC(=O)CN(Cc1ccccc1)C(=O)[C@H](CCCNc1ncc[nH]1)NS(=O)(=O)c1cccc2c1NCC(C)C2. The molecule has 0 spiro atoms. The van der Waals surface area contributed by atoms with Gasteiger partial charge in [0, 0.05) is 32.0 Å². The number of para-hydroxylation sites is 1. The number of H-pyrrole nitrogens is 1. The molecule has 4 N–H and O–H groups in total. The number of nitrogens with one attached hydrogen (secondary N) is 4. The van der Waals surface area contributed by atoms with Gasteiger partial charge in [-0.2, -0.15) is 4.72 Å². The lowest BCUT2D eigenvalue weighted by molar-refractivity contribution is -0.149. The van der Waals surface area contributed by atoms with Gasteiger partial charge in [0.15, 0.2) is 5.95 Å². The molecular weight excluding hydrogens is 544 g/mol. The van der Waals surface area contributed by atoms with E-state index < -0.39 is 27.9 Å². The van der Waals surface area contributed by atoms with E-state index in [4.69, 9.17) is 4.74 Å². The fourth-order valence-electron chi connectivity index (χ4n) is 4.85. The number of rotatable bonds is 14. The Morgan fingerprint density at radius 3 is 2.71 bits per heavy atom. The summed E-state index contributed by atoms with van der Waals surface area (Å²) >= 11 is 0. The van der Waals surface area contributed by atoms with Crippen molar-refractivity contribution < 1.29 is 22.7 Å². The number of carbonyl (C=O) groups excluding carboxylic acids is 2. The second-order valence-corrected chi connectivity index (χ2v) is 11.8. The van der Waals surface area contributed by atoms with Crippen LogP contribution in [0.15, 0.2) is 65.8 Å². The predicted molar refractivity (Wildman–Crippen MR) is 157 cm³/mol. The van der Waals surface area contributed by atoms with Crippen molar-refractivity contribution in [1.29, 1.82) is 0 Å². The molecule has 1 aromatic heterocycles. The minimum absolute atomic E-state index is 0.105. The van der Waals surface area contributed by atoms with Crippen LogP contribution in [0.25, 0.3) is 0 Å². The van der Waals surface area contributed by atoms with Gasteiger partial charge in [0.2, 0.25) is 15.9 Å². The number of nitrogens with zero attached hydrogens (tertiary/aromatic N) is 2. The van der Waals surface area contributed by atoms with Crippen molar-refractivity contribution in [1.82, 2.24) is 19.6 Å². The van der Waals surface area contributed by atoms with Crippen LogP contribution in [0.4, 0.5) is 11.6 Å². The normalized spacial score (nSPS) is 15.3. The van der Waals surface area contributed by atoms with Gasteiger partial charge in [-0.25, -0.2) is 13.4 Å². The summed E-state index contributed by atoms with van der Waals surface area (Å²) in [5, 5.41) is 6.38. The fraction of sp³-hybridized carbons (Fsp3) is 0.414. The number of fused-ring (bicyclic) bond motifs is 1. The van der Waals surface area contributed by atoms with Crippen LogP contribution < -0.4 is 15.4 Å². The molecule has 2 atom stereocenters. The molecule has 2 aromatic carbocycles. The molecule has 0 radical (unpaired) electrons. The van der Waals surface area contributed by atoms with Gasteiger partial charge >= 0.3 is 5.97 Å². The molecule has 0 fully saturated rings. The van der Waals surface area contributed by atoms with Crippen molar-refractivity contribution in [2.75, 3.05) is 36.9 Å². The average molecular weight is 583 g/mol. The first-order valence-electron chi connectivity index (χ1n) is 13.9. The number of benzene rings is 2. The zero-order valence-corrected chi connectivity index (χ0v) is 24.2. The first-order valence-corrected chi connectivity index (χ1v) is 15.3. The Kier molecular flexibility index (Phi) is 10.4. The van der Waals surface area contributed by atoms with Crippen molar-refractivity contribution in [2.24, 2.45) is 5.92 Å². The number of sulfonamides is 1. The molecule has 4 rings (SSSR count). The Bertz CT molecular complexity index is 1400. The van der Waals surface area contributed by atoms with Crippen LogP contribution in [0, 0.1) is 5.92 Å². The maximum Gasteiger partial charge on any atom is 0.325 e. The van der Waals surface area contributed by atoms with Crippen LogP contribution in [0.3, 0.4) is 0 Å². The molecule has 2 heterocycles. The van der Waals surface area contributed by atoms with E-state index in [1.54, 1.807) is 31.5 Å². The number of ether oxygens (including phenoxy) is 1. The van der Waals surface area contributed by atoms with Gasteiger partial charge < -0.3 is 25.3 Å². The number of carbonyl (C=O) groups is 2. The third-order valence-electron chi connectivity index (χ3n) is 6.81. The highest BCUT2D eigenvalue weighted by Gasteiger charge is 2.32. The van der Waals surface area contributed by atoms with E-state index in [9.17, 15) is 18.0 Å². The smallest absolute Gasteiger partial charge is 0.325 e. The van der Waals surface area contributed by atoms with Gasteiger partial charge in [0.25, 0.3) is 0 Å². The number of aromatic nitrogens is 2. The topological polar surface area (TPSA) is 146 Å². The second kappa shape index (κ2) is 14.1. The van der Waals surface area contributed by atoms with Crippen molar-refractivity contribution in [3.05, 3.63) is 72.1 Å². The first kappa shape index (κ1) is 30.1. The minimum Gasteiger partial charge on any atom is -0.465 e. The van der Waals surface area contributed by atoms with Crippen LogP contribution in [-0.4, -0.2) is 67.4 Å². The third-order valence-corrected chi connectivity index (χ3v) is 8.32. The molecule has 0 bridgehead atoms. The number of anilines is 2. The Morgan fingerprint density at radius 1 is 1.17 bits per heavy atom. The molecule has 0 aliphatic carbocycles. The lowest BCUT2D eigenvalue weighted by Crippen LogP contribution is -2.50. The summed E-state index contributed by atoms with van der Waals surface area (Å²) in [5.41, 5.74) is 2.29. The average Bonchev–Trinajstić information content (AvgIpc) is 3.48. The molecule has 1 aliphatic heterocycles. The van der Waals surface area contributed by atoms with Gasteiger partial charge in [0.05, 0.1) is 12.3 Å². The minimum atomic E-state index is -4.10. The Balaban J connectivity index is 1.59. The van der Waals surface area contributed by atoms with Crippen molar-refractivity contribution in [3.63, 3.8) is 0 Å². The highest BCUT2D eigenvalue weighted by atomic mass is 32.2. The van der Waals surface area contributed by atoms with Crippen LogP contribution in [0.1, 0.15) is 37.8 Å². The monoisotopic (exact) mass is 582 g/mol. The van der Waals surface area contributed by atoms with E-state index in [0.29, 0.717) is 37.1 Å². The van der Waals surface area contributed by atoms with Crippen molar-refractivity contribution >= 4 is 33.5 Å². The number of aromatic amines is 1. The highest BCUT2D eigenvalue weighted by molar-refractivity contribution is 7.89. The number of imidazole rings is 1. The van der Waals surface area contributed by atoms with Crippen LogP contribution >= 0.6 is 0 Å². The molecule has 12 heteroatoms. The second-order valence-electron chi connectivity index (χ2n) is 10.1. The summed E-state index contributed by atoms with van der Waals surface area (Å²) in [6.07, 6.45) is 4.72. The van der Waals surface area contributed by atoms with E-state index >= 15 is 0 Å². The zero-order chi connectivity index (χ0) is 29.2. The van der Waals surface area contributed by atoms with E-state index in [2.05, 4.69) is 32.2 Å². The number of hydrogen-bond donors (Lipinski definition) is 4. The maximum absolute atomic E-state index is 14.0. The summed E-state index contributed by atoms with van der Waals surface area (Å²) < 4.78 is 35.4. The summed E-state index contributed by atoms with van der Waals surface area (Å²) in [6, 6.07) is 13.3. The summed E-state index contributed by atoms with van der Waals surface area (Å²) in [7, 11) is -4.10. The number of esters is 1. The number of hydrogen-bond acceptors (Lipinski definition) is 8. The molecule has 0 saturated carbocycles. The predicted octanol–water partition coefficient (Wildman–Crippen LogP) is 3.14. The van der Waals surface area contributed by atoms with E-state index in [1.807, 2.05) is 36.4 Å². The maximum atomic E-state index is 14.0. The van der Waals surface area contributed by atoms with Gasteiger partial charge in [-0.1, -0.05) is 49.4 Å². The van der Waals surface area contributed by atoms with Crippen LogP contribution in [-0.2, 0) is 37.3 Å². The van der Waals surface area contributed by atoms with Crippen molar-refractivity contribution in [2.45, 2.75) is 50.6 Å². The lowest BCUT2D eigenvalue weighted by Gasteiger charge is -2.29. The van der Waals surface area contributed by atoms with E-state index in [1.165, 1.54) is 4.90 Å². The van der Waals surface area contributed by atoms with Crippen LogP contribution in [0.2, 0.25) is 0 Å². The van der Waals surface area contributed by atoms with Gasteiger partial charge in [0.1, 0.15) is 17.5 Å². The zero-order valence-electron chi connectivity index (χ0n) is 23.4. The molecule has 1 amide bonds. The molecule has 3 aromatic rings. The summed E-state index contributed by atoms with van der Waals surface area (Å²) in [6.45, 7) is 4.91. The lowest BCUT2D eigenvalue weighted by atomic mass is 9.96. The molecule has 1 aliphatic rings. The van der Waals surface area contributed by atoms with Crippen molar-refractivity contribution in [3.8, 4) is 0 Å². The van der Waals surface area contributed by atoms with E-state index in [0.717, 1.165) is 17.5 Å². The fourth-order valence-corrected chi connectivity index (χ4v) is 6.30. The van der Waals surface area contributed by atoms with E-state index in [-0.39, 0.29) is 31.0 Å². The Morgan fingerprint density at radius 2 is 1.98 bits per heavy atom. The quantitative estimate of drug-likeness (QED) is 0.168. The largest absolute Gasteiger partial charge is 0.465 e. The molecule has 1 unspecified atom stereocenters. The molecule has 41 heavy (non-hydrogen) atoms. The van der Waals surface area contributed by atoms with Crippen LogP contribution in [0.5, 0.6) is 0 Å².